The van der Waals surface area contributed by atoms with Crippen LogP contribution in [0.15, 0.2) is 36.4 Å². The third-order valence-electron chi connectivity index (χ3n) is 4.48. The first-order chi connectivity index (χ1) is 12.2. The number of rotatable bonds is 7. The maximum atomic E-state index is 13.1. The van der Waals surface area contributed by atoms with Gasteiger partial charge < -0.3 is 10.6 Å². The van der Waals surface area contributed by atoms with Gasteiger partial charge in [0.15, 0.2) is 11.6 Å². The van der Waals surface area contributed by atoms with Gasteiger partial charge in [0.1, 0.15) is 0 Å². The molecule has 4 nitrogen and oxygen atoms in total. The van der Waals surface area contributed by atoms with Crippen LogP contribution in [0, 0.1) is 0 Å². The number of benzene rings is 2. The molecule has 0 atom stereocenters. The summed E-state index contributed by atoms with van der Waals surface area (Å²) in [5.41, 5.74) is 3.48. The number of carbonyl (C=O) groups excluding carboxylic acids is 2. The van der Waals surface area contributed by atoms with E-state index in [0.29, 0.717) is 22.3 Å². The second-order valence-corrected chi connectivity index (χ2v) is 6.32. The number of unbranched alkanes of at least 4 members (excludes halogenated alkanes) is 1. The summed E-state index contributed by atoms with van der Waals surface area (Å²) in [6.45, 7) is 5.75. The molecule has 0 aliphatic heterocycles. The molecule has 2 N–H and O–H groups in total. The van der Waals surface area contributed by atoms with Gasteiger partial charge in [0.2, 0.25) is 0 Å². The highest BCUT2D eigenvalue weighted by Gasteiger charge is 2.33. The van der Waals surface area contributed by atoms with Crippen LogP contribution in [0.3, 0.4) is 0 Å². The van der Waals surface area contributed by atoms with Crippen LogP contribution < -0.4 is 10.6 Å². The zero-order valence-corrected chi connectivity index (χ0v) is 14.8. The summed E-state index contributed by atoms with van der Waals surface area (Å²) in [7, 11) is 0. The fourth-order valence-corrected chi connectivity index (χ4v) is 3.20. The van der Waals surface area contributed by atoms with E-state index in [1.165, 1.54) is 0 Å². The van der Waals surface area contributed by atoms with Gasteiger partial charge in [-0.05, 0) is 25.0 Å². The number of nitrogens with one attached hydrogen (secondary N) is 2. The third kappa shape index (κ3) is 3.16. The highest BCUT2D eigenvalue weighted by molar-refractivity contribution is 6.31. The predicted octanol–water partition coefficient (Wildman–Crippen LogP) is 4.50. The fourth-order valence-electron chi connectivity index (χ4n) is 3.20. The van der Waals surface area contributed by atoms with E-state index >= 15 is 0 Å². The molecule has 2 aromatic rings. The van der Waals surface area contributed by atoms with Gasteiger partial charge in [0, 0.05) is 35.6 Å². The Morgan fingerprint density at radius 2 is 1.24 bits per heavy atom. The minimum absolute atomic E-state index is 0.0793. The molecule has 0 saturated carbocycles. The molecule has 0 aromatic heterocycles. The van der Waals surface area contributed by atoms with Gasteiger partial charge in [-0.25, -0.2) is 0 Å². The first-order valence-electron chi connectivity index (χ1n) is 9.02. The van der Waals surface area contributed by atoms with E-state index < -0.39 is 0 Å². The van der Waals surface area contributed by atoms with Gasteiger partial charge in [0.05, 0.1) is 11.1 Å². The second kappa shape index (κ2) is 7.51. The SMILES string of the molecule is CCCCNc1cccc2c1C(=O)c1cccc(NCCC)c1C2=O. The molecule has 0 saturated heterocycles. The molecule has 4 heteroatoms. The molecular formula is C21H24N2O2. The normalized spacial score (nSPS) is 12.6. The molecule has 0 radical (unpaired) electrons. The number of hydrogen-bond acceptors (Lipinski definition) is 4. The Morgan fingerprint density at radius 3 is 1.72 bits per heavy atom. The lowest BCUT2D eigenvalue weighted by Gasteiger charge is -2.23. The zero-order chi connectivity index (χ0) is 17.8. The molecular weight excluding hydrogens is 312 g/mol. The van der Waals surface area contributed by atoms with E-state index in [1.807, 2.05) is 24.3 Å². The van der Waals surface area contributed by atoms with Gasteiger partial charge in [-0.2, -0.15) is 0 Å². The minimum atomic E-state index is -0.0806. The molecule has 130 valence electrons. The lowest BCUT2D eigenvalue weighted by molar-refractivity contribution is 0.0980. The summed E-state index contributed by atoms with van der Waals surface area (Å²) < 4.78 is 0. The van der Waals surface area contributed by atoms with Crippen LogP contribution in [-0.2, 0) is 0 Å². The van der Waals surface area contributed by atoms with Gasteiger partial charge in [-0.1, -0.05) is 44.5 Å². The van der Waals surface area contributed by atoms with Crippen LogP contribution >= 0.6 is 0 Å². The van der Waals surface area contributed by atoms with Crippen molar-refractivity contribution in [2.75, 3.05) is 23.7 Å². The Balaban J connectivity index is 2.05. The van der Waals surface area contributed by atoms with E-state index in [1.54, 1.807) is 12.1 Å². The summed E-state index contributed by atoms with van der Waals surface area (Å²) in [5, 5.41) is 6.59. The van der Waals surface area contributed by atoms with Crippen molar-refractivity contribution < 1.29 is 9.59 Å². The largest absolute Gasteiger partial charge is 0.384 e. The van der Waals surface area contributed by atoms with Gasteiger partial charge >= 0.3 is 0 Å². The molecule has 0 fully saturated rings. The van der Waals surface area contributed by atoms with Crippen LogP contribution in [0.4, 0.5) is 11.4 Å². The summed E-state index contributed by atoms with van der Waals surface area (Å²) >= 11 is 0. The molecule has 0 spiro atoms. The maximum absolute atomic E-state index is 13.1. The minimum Gasteiger partial charge on any atom is -0.384 e. The Kier molecular flexibility index (Phi) is 5.17. The molecule has 1 aliphatic rings. The number of ketones is 2. The Labute approximate surface area is 148 Å². The Bertz CT molecular complexity index is 812. The monoisotopic (exact) mass is 336 g/mol. The molecule has 0 amide bonds. The first-order valence-corrected chi connectivity index (χ1v) is 9.02. The fraction of sp³-hybridized carbons (Fsp3) is 0.333. The number of fused-ring (bicyclic) bond motifs is 2. The summed E-state index contributed by atoms with van der Waals surface area (Å²) in [4.78, 5) is 26.2. The second-order valence-electron chi connectivity index (χ2n) is 6.32. The van der Waals surface area contributed by atoms with Crippen molar-refractivity contribution in [2.24, 2.45) is 0 Å². The van der Waals surface area contributed by atoms with Gasteiger partial charge in [-0.3, -0.25) is 9.59 Å². The van der Waals surface area contributed by atoms with E-state index in [-0.39, 0.29) is 11.6 Å². The highest BCUT2D eigenvalue weighted by atomic mass is 16.1. The maximum Gasteiger partial charge on any atom is 0.196 e. The van der Waals surface area contributed by atoms with Crippen LogP contribution in [0.1, 0.15) is 65.0 Å². The lowest BCUT2D eigenvalue weighted by atomic mass is 9.82. The molecule has 0 bridgehead atoms. The van der Waals surface area contributed by atoms with Crippen LogP contribution in [0.25, 0.3) is 0 Å². The average molecular weight is 336 g/mol. The Morgan fingerprint density at radius 1 is 0.720 bits per heavy atom. The van der Waals surface area contributed by atoms with Crippen molar-refractivity contribution >= 4 is 22.9 Å². The van der Waals surface area contributed by atoms with E-state index in [9.17, 15) is 9.59 Å². The van der Waals surface area contributed by atoms with Gasteiger partial charge in [-0.15, -0.1) is 0 Å². The van der Waals surface area contributed by atoms with E-state index in [0.717, 1.165) is 43.7 Å². The quantitative estimate of drug-likeness (QED) is 0.624. The summed E-state index contributed by atoms with van der Waals surface area (Å²) in [6, 6.07) is 10.9. The molecule has 0 unspecified atom stereocenters. The number of anilines is 2. The van der Waals surface area contributed by atoms with E-state index in [2.05, 4.69) is 24.5 Å². The Hall–Kier alpha value is -2.62. The third-order valence-corrected chi connectivity index (χ3v) is 4.48. The van der Waals surface area contributed by atoms with E-state index in [4.69, 9.17) is 0 Å². The van der Waals surface area contributed by atoms with Crippen molar-refractivity contribution in [1.29, 1.82) is 0 Å². The van der Waals surface area contributed by atoms with Crippen LogP contribution in [-0.4, -0.2) is 24.7 Å². The van der Waals surface area contributed by atoms with Crippen molar-refractivity contribution in [1.82, 2.24) is 0 Å². The first kappa shape index (κ1) is 17.2. The topological polar surface area (TPSA) is 58.2 Å². The molecule has 3 rings (SSSR count). The number of hydrogen-bond donors (Lipinski definition) is 2. The lowest BCUT2D eigenvalue weighted by Crippen LogP contribution is -2.24. The highest BCUT2D eigenvalue weighted by Crippen LogP contribution is 2.35. The molecule has 1 aliphatic carbocycles. The summed E-state index contributed by atoms with van der Waals surface area (Å²) in [6.07, 6.45) is 3.05. The van der Waals surface area contributed by atoms with Crippen molar-refractivity contribution in [3.8, 4) is 0 Å². The average Bonchev–Trinajstić information content (AvgIpc) is 2.64. The molecule has 25 heavy (non-hydrogen) atoms. The van der Waals surface area contributed by atoms with Crippen LogP contribution in [0.5, 0.6) is 0 Å². The van der Waals surface area contributed by atoms with Gasteiger partial charge in [0.25, 0.3) is 0 Å². The smallest absolute Gasteiger partial charge is 0.196 e. The predicted molar refractivity (Wildman–Crippen MR) is 102 cm³/mol. The van der Waals surface area contributed by atoms with Crippen molar-refractivity contribution in [2.45, 2.75) is 33.1 Å². The standard InChI is InChI=1S/C21H24N2O2/c1-3-5-13-23-17-11-7-9-15-19(17)21(25)14-8-6-10-16(22-12-4-2)18(14)20(15)24/h6-11,22-23H,3-5,12-13H2,1-2H3. The van der Waals surface area contributed by atoms with Crippen molar-refractivity contribution in [3.05, 3.63) is 58.7 Å². The molecule has 2 aromatic carbocycles. The summed E-state index contributed by atoms with van der Waals surface area (Å²) in [5.74, 6) is -0.160. The zero-order valence-electron chi connectivity index (χ0n) is 14.8. The van der Waals surface area contributed by atoms with Crippen molar-refractivity contribution in [3.63, 3.8) is 0 Å². The number of carbonyl (C=O) groups is 2. The van der Waals surface area contributed by atoms with Crippen LogP contribution in [0.2, 0.25) is 0 Å². The molecule has 0 heterocycles.